The van der Waals surface area contributed by atoms with Crippen LogP contribution in [-0.4, -0.2) is 4.57 Å². The number of hydrogen-bond acceptors (Lipinski definition) is 1. The molecule has 0 saturated heterocycles. The fraction of sp³-hybridized carbons (Fsp3) is 0.115. The van der Waals surface area contributed by atoms with Crippen molar-refractivity contribution >= 4 is 43.7 Å². The first-order chi connectivity index (χ1) is 31.1. The minimum atomic E-state index is 0.149. The van der Waals surface area contributed by atoms with Gasteiger partial charge in [0.15, 0.2) is 0 Å². The van der Waals surface area contributed by atoms with Crippen LogP contribution in [0.3, 0.4) is 0 Å². The molecule has 1 atom stereocenters. The Morgan fingerprint density at radius 2 is 1.16 bits per heavy atom. The zero-order valence-corrected chi connectivity index (χ0v) is 35.7. The van der Waals surface area contributed by atoms with Crippen molar-refractivity contribution in [3.05, 3.63) is 234 Å². The molecule has 2 heterocycles. The second-order valence-corrected chi connectivity index (χ2v) is 17.4. The molecule has 0 spiro atoms. The van der Waals surface area contributed by atoms with Crippen LogP contribution in [0.2, 0.25) is 0 Å². The third-order valence-corrected chi connectivity index (χ3v) is 13.9. The molecule has 0 bridgehead atoms. The van der Waals surface area contributed by atoms with E-state index in [0.717, 1.165) is 36.1 Å². The van der Waals surface area contributed by atoms with Crippen molar-refractivity contribution in [2.75, 3.05) is 0 Å². The van der Waals surface area contributed by atoms with Crippen LogP contribution in [0.25, 0.3) is 82.8 Å². The molecule has 0 N–H and O–H groups in total. The smallest absolute Gasteiger partial charge is 0.135 e. The molecule has 9 aromatic carbocycles. The highest BCUT2D eigenvalue weighted by molar-refractivity contribution is 6.15. The summed E-state index contributed by atoms with van der Waals surface area (Å²) in [6.45, 7) is 4.59. The predicted molar refractivity (Wildman–Crippen MR) is 264 cm³/mol. The quantitative estimate of drug-likeness (QED) is 0.142. The van der Waals surface area contributed by atoms with Gasteiger partial charge in [0.05, 0.1) is 11.0 Å². The number of hydrogen-bond donors (Lipinski definition) is 0. The summed E-state index contributed by atoms with van der Waals surface area (Å²) in [4.78, 5) is 0. The largest absolute Gasteiger partial charge is 0.456 e. The van der Waals surface area contributed by atoms with Gasteiger partial charge in [0.25, 0.3) is 0 Å². The lowest BCUT2D eigenvalue weighted by Crippen LogP contribution is -2.05. The molecule has 0 amide bonds. The maximum absolute atomic E-state index is 6.55. The van der Waals surface area contributed by atoms with Crippen LogP contribution >= 0.6 is 0 Å². The molecule has 2 aromatic heterocycles. The fourth-order valence-electron chi connectivity index (χ4n) is 10.9. The van der Waals surface area contributed by atoms with Crippen molar-refractivity contribution in [1.82, 2.24) is 4.57 Å². The molecule has 302 valence electrons. The monoisotopic (exact) mass is 809 g/mol. The van der Waals surface area contributed by atoms with Crippen molar-refractivity contribution in [2.24, 2.45) is 0 Å². The van der Waals surface area contributed by atoms with E-state index in [9.17, 15) is 0 Å². The Labute approximate surface area is 368 Å². The second-order valence-electron chi connectivity index (χ2n) is 17.4. The number of rotatable bonds is 9. The van der Waals surface area contributed by atoms with E-state index in [1.807, 2.05) is 0 Å². The van der Waals surface area contributed by atoms with Gasteiger partial charge in [0.1, 0.15) is 11.2 Å². The summed E-state index contributed by atoms with van der Waals surface area (Å²) in [6.07, 6.45) is 3.01. The van der Waals surface area contributed by atoms with Gasteiger partial charge in [0.2, 0.25) is 0 Å². The zero-order chi connectivity index (χ0) is 42.0. The summed E-state index contributed by atoms with van der Waals surface area (Å²) in [5.41, 5.74) is 21.5. The summed E-state index contributed by atoms with van der Waals surface area (Å²) < 4.78 is 9.06. The lowest BCUT2D eigenvalue weighted by molar-refractivity contribution is 0.668. The van der Waals surface area contributed by atoms with Gasteiger partial charge in [-0.2, -0.15) is 0 Å². The lowest BCUT2D eigenvalue weighted by atomic mass is 9.82. The van der Waals surface area contributed by atoms with E-state index < -0.39 is 0 Å². The first-order valence-corrected chi connectivity index (χ1v) is 22.5. The van der Waals surface area contributed by atoms with Crippen LogP contribution in [0.5, 0.6) is 0 Å². The Bertz CT molecular complexity index is 3470. The molecule has 1 unspecified atom stereocenters. The van der Waals surface area contributed by atoms with Crippen LogP contribution in [0, 0.1) is 6.92 Å². The third kappa shape index (κ3) is 6.15. The van der Waals surface area contributed by atoms with Crippen LogP contribution in [-0.2, 0) is 6.42 Å². The molecule has 1 aliphatic carbocycles. The van der Waals surface area contributed by atoms with Gasteiger partial charge in [-0.25, -0.2) is 0 Å². The Hall–Kier alpha value is -7.42. The summed E-state index contributed by atoms with van der Waals surface area (Å²) >= 11 is 0. The number of para-hydroxylation sites is 1. The van der Waals surface area contributed by atoms with E-state index >= 15 is 0 Å². The van der Waals surface area contributed by atoms with Gasteiger partial charge in [-0.3, -0.25) is 0 Å². The number of benzene rings is 9. The van der Waals surface area contributed by atoms with Gasteiger partial charge < -0.3 is 8.98 Å². The average molecular weight is 810 g/mol. The van der Waals surface area contributed by atoms with Crippen molar-refractivity contribution in [3.8, 4) is 39.1 Å². The maximum Gasteiger partial charge on any atom is 0.135 e. The van der Waals surface area contributed by atoms with Crippen LogP contribution < -0.4 is 0 Å². The SMILES string of the molecule is CCC(c1ccc2oc3ccc(CCC4c5ccccc5-c5ccccc54)cc3c2c1)c1ccc2c3ccccc3n(-c3ccc(-c4ccccc4)cc3)c2c1-c1ccccc1C. The molecule has 12 rings (SSSR count). The van der Waals surface area contributed by atoms with Crippen LogP contribution in [0.4, 0.5) is 0 Å². The molecule has 63 heavy (non-hydrogen) atoms. The number of fused-ring (bicyclic) bond motifs is 9. The third-order valence-electron chi connectivity index (χ3n) is 13.9. The molecular formula is C61H47NO. The van der Waals surface area contributed by atoms with Crippen molar-refractivity contribution in [2.45, 2.75) is 44.9 Å². The highest BCUT2D eigenvalue weighted by atomic mass is 16.3. The fourth-order valence-corrected chi connectivity index (χ4v) is 10.9. The van der Waals surface area contributed by atoms with E-state index in [0.29, 0.717) is 5.92 Å². The van der Waals surface area contributed by atoms with Crippen molar-refractivity contribution < 1.29 is 4.42 Å². The van der Waals surface area contributed by atoms with Crippen molar-refractivity contribution in [3.63, 3.8) is 0 Å². The van der Waals surface area contributed by atoms with Crippen LogP contribution in [0.1, 0.15) is 65.0 Å². The minimum Gasteiger partial charge on any atom is -0.456 e. The molecule has 0 saturated carbocycles. The van der Waals surface area contributed by atoms with Crippen LogP contribution in [0.15, 0.2) is 205 Å². The maximum atomic E-state index is 6.55. The Kier molecular flexibility index (Phi) is 9.00. The molecule has 1 aliphatic rings. The molecule has 0 fully saturated rings. The van der Waals surface area contributed by atoms with Gasteiger partial charge in [0, 0.05) is 44.6 Å². The number of aromatic nitrogens is 1. The van der Waals surface area contributed by atoms with Gasteiger partial charge in [-0.15, -0.1) is 0 Å². The first-order valence-electron chi connectivity index (χ1n) is 22.5. The van der Waals surface area contributed by atoms with E-state index in [2.05, 4.69) is 219 Å². The van der Waals surface area contributed by atoms with Gasteiger partial charge in [-0.1, -0.05) is 165 Å². The van der Waals surface area contributed by atoms with E-state index in [1.54, 1.807) is 0 Å². The van der Waals surface area contributed by atoms with Gasteiger partial charge in [-0.05, 0) is 130 Å². The topological polar surface area (TPSA) is 18.1 Å². The molecule has 0 radical (unpaired) electrons. The molecule has 11 aromatic rings. The van der Waals surface area contributed by atoms with Gasteiger partial charge >= 0.3 is 0 Å². The Balaban J connectivity index is 0.981. The molecule has 2 nitrogen and oxygen atoms in total. The minimum absolute atomic E-state index is 0.149. The molecule has 2 heteroatoms. The lowest BCUT2D eigenvalue weighted by Gasteiger charge is -2.23. The zero-order valence-electron chi connectivity index (χ0n) is 35.7. The normalized spacial score (nSPS) is 13.0. The Morgan fingerprint density at radius 3 is 1.90 bits per heavy atom. The summed E-state index contributed by atoms with van der Waals surface area (Å²) in [6, 6.07) is 74.1. The summed E-state index contributed by atoms with van der Waals surface area (Å²) in [5.74, 6) is 0.550. The molecular weight excluding hydrogens is 763 g/mol. The molecule has 0 aliphatic heterocycles. The van der Waals surface area contributed by atoms with E-state index in [-0.39, 0.29) is 5.92 Å². The number of nitrogens with zero attached hydrogens (tertiary/aromatic N) is 1. The van der Waals surface area contributed by atoms with E-state index in [4.69, 9.17) is 4.42 Å². The first kappa shape index (κ1) is 37.4. The highest BCUT2D eigenvalue weighted by Gasteiger charge is 2.28. The Morgan fingerprint density at radius 1 is 0.524 bits per heavy atom. The van der Waals surface area contributed by atoms with Crippen molar-refractivity contribution in [1.29, 1.82) is 0 Å². The standard InChI is InChI=1S/C61H47NO/c1-3-45(43-29-36-59-56(38-43)55-37-40(26-35-58(55)63-59)25-32-51-49-21-11-9-19-47(49)48-20-10-12-22-50(48)51)53-33-34-54-52-23-13-14-24-57(52)62(61(54)60(53)46-18-8-7-15-39(46)2)44-30-27-42(28-31-44)41-16-5-4-6-17-41/h4-24,26-31,33-38,45,51H,3,25,32H2,1-2H3. The second kappa shape index (κ2) is 15.2. The predicted octanol–water partition coefficient (Wildman–Crippen LogP) is 16.6. The highest BCUT2D eigenvalue weighted by Crippen LogP contribution is 2.48. The number of aryl methyl sites for hydroxylation is 2. The number of furan rings is 1. The summed E-state index contributed by atoms with van der Waals surface area (Å²) in [5, 5.41) is 4.91. The van der Waals surface area contributed by atoms with E-state index in [1.165, 1.54) is 99.3 Å². The average Bonchev–Trinajstić information content (AvgIpc) is 3.99. The summed E-state index contributed by atoms with van der Waals surface area (Å²) in [7, 11) is 0.